The highest BCUT2D eigenvalue weighted by molar-refractivity contribution is 6.70. The molecule has 0 aromatic carbocycles. The molecule has 80 valence electrons. The van der Waals surface area contributed by atoms with Crippen molar-refractivity contribution >= 4 is 14.5 Å². The monoisotopic (exact) mass is 214 g/mol. The van der Waals surface area contributed by atoms with Crippen molar-refractivity contribution in [3.63, 3.8) is 0 Å². The lowest BCUT2D eigenvalue weighted by atomic mass is 10.4. The fourth-order valence-electron chi connectivity index (χ4n) is 1.66. The van der Waals surface area contributed by atoms with Gasteiger partial charge in [0.15, 0.2) is 0 Å². The van der Waals surface area contributed by atoms with E-state index in [-0.39, 0.29) is 5.97 Å². The summed E-state index contributed by atoms with van der Waals surface area (Å²) < 4.78 is 11.2. The van der Waals surface area contributed by atoms with Crippen LogP contribution >= 0.6 is 0 Å². The zero-order valence-corrected chi connectivity index (χ0v) is 9.91. The van der Waals surface area contributed by atoms with Gasteiger partial charge in [-0.3, -0.25) is 0 Å². The molecule has 0 spiro atoms. The van der Waals surface area contributed by atoms with Gasteiger partial charge in [0.25, 0.3) is 0 Å². The van der Waals surface area contributed by atoms with Crippen molar-refractivity contribution in [2.75, 3.05) is 6.61 Å². The molecule has 1 aliphatic rings. The Bertz CT molecular complexity index is 219. The predicted molar refractivity (Wildman–Crippen MR) is 57.1 cm³/mol. The topological polar surface area (TPSA) is 35.5 Å². The van der Waals surface area contributed by atoms with Gasteiger partial charge in [0.2, 0.25) is 0 Å². The molecule has 0 aliphatic carbocycles. The van der Waals surface area contributed by atoms with Gasteiger partial charge in [0.1, 0.15) is 0 Å². The van der Waals surface area contributed by atoms with Gasteiger partial charge in [-0.1, -0.05) is 20.4 Å². The average molecular weight is 214 g/mol. The molecule has 1 unspecified atom stereocenters. The van der Waals surface area contributed by atoms with Gasteiger partial charge in [0.05, 0.1) is 0 Å². The Balaban J connectivity index is 2.70. The van der Waals surface area contributed by atoms with E-state index >= 15 is 0 Å². The number of carbonyl (C=O) groups is 1. The number of carbonyl (C=O) groups excluding carboxylic acids is 1. The van der Waals surface area contributed by atoms with Crippen LogP contribution in [0.5, 0.6) is 0 Å². The van der Waals surface area contributed by atoms with E-state index in [1.807, 2.05) is 0 Å². The summed E-state index contributed by atoms with van der Waals surface area (Å²) in [7, 11) is -2.26. The summed E-state index contributed by atoms with van der Waals surface area (Å²) in [6.45, 7) is 8.27. The molecule has 0 aromatic heterocycles. The van der Waals surface area contributed by atoms with Gasteiger partial charge < -0.3 is 8.85 Å². The second-order valence-electron chi connectivity index (χ2n) is 3.90. The van der Waals surface area contributed by atoms with Crippen molar-refractivity contribution in [1.82, 2.24) is 0 Å². The fourth-order valence-corrected chi connectivity index (χ4v) is 4.76. The molecule has 1 fully saturated rings. The zero-order chi connectivity index (χ0) is 10.6. The lowest BCUT2D eigenvalue weighted by molar-refractivity contribution is -0.131. The van der Waals surface area contributed by atoms with Crippen molar-refractivity contribution in [2.45, 2.75) is 38.3 Å². The summed E-state index contributed by atoms with van der Waals surface area (Å²) >= 11 is 0. The summed E-state index contributed by atoms with van der Waals surface area (Å²) in [6.07, 6.45) is 3.40. The Morgan fingerprint density at radius 3 is 2.71 bits per heavy atom. The van der Waals surface area contributed by atoms with Crippen LogP contribution in [0.4, 0.5) is 0 Å². The maximum Gasteiger partial charge on any atom is 0.404 e. The zero-order valence-electron chi connectivity index (χ0n) is 8.91. The van der Waals surface area contributed by atoms with Crippen molar-refractivity contribution in [2.24, 2.45) is 0 Å². The van der Waals surface area contributed by atoms with Crippen LogP contribution in [0.2, 0.25) is 11.6 Å². The molecule has 0 bridgehead atoms. The first-order chi connectivity index (χ1) is 6.60. The van der Waals surface area contributed by atoms with Crippen LogP contribution < -0.4 is 0 Å². The Kier molecular flexibility index (Phi) is 3.89. The summed E-state index contributed by atoms with van der Waals surface area (Å²) in [4.78, 5) is 11.2. The summed E-state index contributed by atoms with van der Waals surface area (Å²) in [6, 6.07) is 0.921. The van der Waals surface area contributed by atoms with Crippen LogP contribution in [-0.2, 0) is 13.6 Å². The van der Waals surface area contributed by atoms with Crippen LogP contribution in [0, 0.1) is 0 Å². The maximum absolute atomic E-state index is 11.2. The molecule has 1 saturated heterocycles. The largest absolute Gasteiger partial charge is 0.491 e. The van der Waals surface area contributed by atoms with Gasteiger partial charge in [-0.25, -0.2) is 4.79 Å². The normalized spacial score (nSPS) is 27.4. The van der Waals surface area contributed by atoms with E-state index in [1.165, 1.54) is 6.08 Å². The van der Waals surface area contributed by atoms with Gasteiger partial charge >= 0.3 is 14.5 Å². The van der Waals surface area contributed by atoms with Crippen LogP contribution in [0.25, 0.3) is 0 Å². The first kappa shape index (κ1) is 11.5. The van der Waals surface area contributed by atoms with E-state index in [4.69, 9.17) is 8.85 Å². The Labute approximate surface area is 86.3 Å². The first-order valence-electron chi connectivity index (χ1n) is 5.10. The van der Waals surface area contributed by atoms with E-state index in [0.717, 1.165) is 25.5 Å². The maximum atomic E-state index is 11.2. The van der Waals surface area contributed by atoms with Gasteiger partial charge in [0, 0.05) is 24.3 Å². The second-order valence-corrected chi connectivity index (χ2v) is 7.67. The Morgan fingerprint density at radius 1 is 1.57 bits per heavy atom. The van der Waals surface area contributed by atoms with Crippen LogP contribution in [0.1, 0.15) is 26.7 Å². The predicted octanol–water partition coefficient (Wildman–Crippen LogP) is 2.38. The average Bonchev–Trinajstić information content (AvgIpc) is 2.19. The van der Waals surface area contributed by atoms with Gasteiger partial charge in [-0.05, 0) is 12.8 Å². The number of hydrogen-bond donors (Lipinski definition) is 0. The second kappa shape index (κ2) is 4.75. The highest BCUT2D eigenvalue weighted by Crippen LogP contribution is 2.33. The van der Waals surface area contributed by atoms with Crippen molar-refractivity contribution in [3.05, 3.63) is 12.7 Å². The quantitative estimate of drug-likeness (QED) is 0.534. The Morgan fingerprint density at radius 2 is 2.29 bits per heavy atom. The summed E-state index contributed by atoms with van der Waals surface area (Å²) in [5.74, 6) is -0.340. The minimum Gasteiger partial charge on any atom is -0.491 e. The smallest absolute Gasteiger partial charge is 0.404 e. The molecule has 14 heavy (non-hydrogen) atoms. The molecule has 1 heterocycles. The standard InChI is InChI=1S/C10H18O3Si/c1-4-10(11)13-14(9(2)3)8-6-5-7-12-14/h4,9H,1,5-8H2,2-3H3. The molecule has 0 N–H and O–H groups in total. The minimum atomic E-state index is -2.26. The third-order valence-corrected chi connectivity index (χ3v) is 6.63. The van der Waals surface area contributed by atoms with Crippen LogP contribution in [0.3, 0.4) is 0 Å². The highest BCUT2D eigenvalue weighted by atomic mass is 28.4. The first-order valence-corrected chi connectivity index (χ1v) is 7.20. The SMILES string of the molecule is C=CC(=O)O[Si]1(C(C)C)CCCCO1. The van der Waals surface area contributed by atoms with E-state index in [0.29, 0.717) is 5.54 Å². The highest BCUT2D eigenvalue weighted by Gasteiger charge is 2.45. The Hall–Kier alpha value is -0.613. The van der Waals surface area contributed by atoms with E-state index in [1.54, 1.807) is 0 Å². The van der Waals surface area contributed by atoms with Crippen molar-refractivity contribution in [1.29, 1.82) is 0 Å². The minimum absolute atomic E-state index is 0.312. The summed E-state index contributed by atoms with van der Waals surface area (Å²) in [5.41, 5.74) is 0.312. The number of hydrogen-bond acceptors (Lipinski definition) is 3. The van der Waals surface area contributed by atoms with Crippen molar-refractivity contribution < 1.29 is 13.6 Å². The molecule has 3 nitrogen and oxygen atoms in total. The molecule has 0 saturated carbocycles. The summed E-state index contributed by atoms with van der Waals surface area (Å²) in [5, 5.41) is 0. The molecular weight excluding hydrogens is 196 g/mol. The lowest BCUT2D eigenvalue weighted by Gasteiger charge is -2.36. The molecule has 0 radical (unpaired) electrons. The third-order valence-electron chi connectivity index (χ3n) is 2.59. The van der Waals surface area contributed by atoms with Crippen molar-refractivity contribution in [3.8, 4) is 0 Å². The molecule has 4 heteroatoms. The van der Waals surface area contributed by atoms with E-state index in [2.05, 4.69) is 20.4 Å². The fraction of sp³-hybridized carbons (Fsp3) is 0.700. The molecular formula is C10H18O3Si. The molecule has 0 amide bonds. The molecule has 1 rings (SSSR count). The molecule has 0 aromatic rings. The van der Waals surface area contributed by atoms with Crippen LogP contribution in [0.15, 0.2) is 12.7 Å². The number of rotatable bonds is 3. The van der Waals surface area contributed by atoms with Gasteiger partial charge in [-0.15, -0.1) is 0 Å². The molecule has 1 atom stereocenters. The third kappa shape index (κ3) is 2.45. The van der Waals surface area contributed by atoms with Crippen LogP contribution in [-0.4, -0.2) is 21.1 Å². The molecule has 1 aliphatic heterocycles. The van der Waals surface area contributed by atoms with E-state index in [9.17, 15) is 4.79 Å². The lowest BCUT2D eigenvalue weighted by Crippen LogP contribution is -2.48. The van der Waals surface area contributed by atoms with E-state index < -0.39 is 8.56 Å². The van der Waals surface area contributed by atoms with Gasteiger partial charge in [-0.2, -0.15) is 0 Å².